The molecule has 0 saturated carbocycles. The maximum absolute atomic E-state index is 11.8. The highest BCUT2D eigenvalue weighted by molar-refractivity contribution is 6.01. The predicted octanol–water partition coefficient (Wildman–Crippen LogP) is 2.12. The minimum atomic E-state index is -0.345. The molecular formula is C14H13N5O2. The summed E-state index contributed by atoms with van der Waals surface area (Å²) >= 11 is 0. The first-order chi connectivity index (χ1) is 10.1. The van der Waals surface area contributed by atoms with Crippen LogP contribution < -0.4 is 5.32 Å². The van der Waals surface area contributed by atoms with Gasteiger partial charge in [0.05, 0.1) is 30.0 Å². The molecule has 3 aromatic heterocycles. The van der Waals surface area contributed by atoms with Crippen LogP contribution in [0, 0.1) is 13.8 Å². The molecule has 7 nitrogen and oxygen atoms in total. The van der Waals surface area contributed by atoms with E-state index in [9.17, 15) is 4.79 Å². The van der Waals surface area contributed by atoms with Crippen LogP contribution in [0.25, 0.3) is 5.95 Å². The Morgan fingerprint density at radius 1 is 1.29 bits per heavy atom. The average molecular weight is 283 g/mol. The van der Waals surface area contributed by atoms with Gasteiger partial charge in [0, 0.05) is 6.20 Å². The molecule has 0 aliphatic heterocycles. The second-order valence-electron chi connectivity index (χ2n) is 4.55. The van der Waals surface area contributed by atoms with Gasteiger partial charge in [-0.1, -0.05) is 0 Å². The molecule has 0 atom stereocenters. The van der Waals surface area contributed by atoms with Gasteiger partial charge in [0.25, 0.3) is 11.9 Å². The molecule has 7 heteroatoms. The summed E-state index contributed by atoms with van der Waals surface area (Å²) in [6.07, 6.45) is 6.34. The lowest BCUT2D eigenvalue weighted by Crippen LogP contribution is -2.12. The predicted molar refractivity (Wildman–Crippen MR) is 75.3 cm³/mol. The zero-order valence-corrected chi connectivity index (χ0v) is 11.6. The molecule has 0 fully saturated rings. The van der Waals surface area contributed by atoms with Crippen LogP contribution in [0.15, 0.2) is 41.4 Å². The molecule has 0 unspecified atom stereocenters. The Morgan fingerprint density at radius 2 is 2.05 bits per heavy atom. The van der Waals surface area contributed by atoms with Gasteiger partial charge in [-0.15, -0.1) is 0 Å². The van der Waals surface area contributed by atoms with Crippen LogP contribution in [0.3, 0.4) is 0 Å². The zero-order chi connectivity index (χ0) is 14.8. The highest BCUT2D eigenvalue weighted by Crippen LogP contribution is 2.10. The van der Waals surface area contributed by atoms with E-state index in [0.29, 0.717) is 11.6 Å². The van der Waals surface area contributed by atoms with Gasteiger partial charge in [0.15, 0.2) is 5.76 Å². The summed E-state index contributed by atoms with van der Waals surface area (Å²) in [5.74, 6) is 0.335. The Morgan fingerprint density at radius 3 is 2.62 bits per heavy atom. The first-order valence-corrected chi connectivity index (χ1v) is 6.33. The molecular weight excluding hydrogens is 270 g/mol. The number of carbonyl (C=O) groups excluding carboxylic acids is 1. The Bertz CT molecular complexity index is 740. The number of rotatable bonds is 3. The summed E-state index contributed by atoms with van der Waals surface area (Å²) in [4.78, 5) is 20.2. The van der Waals surface area contributed by atoms with Crippen molar-refractivity contribution in [1.29, 1.82) is 0 Å². The highest BCUT2D eigenvalue weighted by Gasteiger charge is 2.10. The molecule has 0 radical (unpaired) electrons. The lowest BCUT2D eigenvalue weighted by Gasteiger charge is -2.03. The van der Waals surface area contributed by atoms with E-state index in [1.54, 1.807) is 16.8 Å². The molecule has 0 bridgehead atoms. The second kappa shape index (κ2) is 5.20. The van der Waals surface area contributed by atoms with Gasteiger partial charge in [-0.25, -0.2) is 14.6 Å². The molecule has 1 N–H and O–H groups in total. The van der Waals surface area contributed by atoms with E-state index >= 15 is 0 Å². The number of nitrogens with zero attached hydrogens (tertiary/aromatic N) is 4. The van der Waals surface area contributed by atoms with Gasteiger partial charge >= 0.3 is 0 Å². The third-order valence-electron chi connectivity index (χ3n) is 2.99. The fraction of sp³-hybridized carbons (Fsp3) is 0.143. The van der Waals surface area contributed by atoms with E-state index in [-0.39, 0.29) is 11.7 Å². The topological polar surface area (TPSA) is 85.8 Å². The Hall–Kier alpha value is -2.96. The van der Waals surface area contributed by atoms with Gasteiger partial charge < -0.3 is 9.73 Å². The maximum atomic E-state index is 11.8. The minimum absolute atomic E-state index is 0.234. The van der Waals surface area contributed by atoms with E-state index in [1.165, 1.54) is 18.7 Å². The quantitative estimate of drug-likeness (QED) is 0.795. The third-order valence-corrected chi connectivity index (χ3v) is 2.99. The van der Waals surface area contributed by atoms with Crippen molar-refractivity contribution in [1.82, 2.24) is 19.7 Å². The first-order valence-electron chi connectivity index (χ1n) is 6.33. The van der Waals surface area contributed by atoms with Crippen molar-refractivity contribution < 1.29 is 9.21 Å². The molecule has 106 valence electrons. The Labute approximate surface area is 120 Å². The number of aromatic nitrogens is 4. The van der Waals surface area contributed by atoms with Crippen LogP contribution >= 0.6 is 0 Å². The van der Waals surface area contributed by atoms with E-state index in [1.807, 2.05) is 20.0 Å². The van der Waals surface area contributed by atoms with Crippen LogP contribution in [-0.2, 0) is 0 Å². The van der Waals surface area contributed by atoms with E-state index in [0.717, 1.165) is 11.3 Å². The van der Waals surface area contributed by atoms with Crippen molar-refractivity contribution in [2.45, 2.75) is 13.8 Å². The first kappa shape index (κ1) is 13.0. The highest BCUT2D eigenvalue weighted by atomic mass is 16.3. The molecule has 3 heterocycles. The number of hydrogen-bond donors (Lipinski definition) is 1. The number of carbonyl (C=O) groups is 1. The molecule has 0 saturated heterocycles. The van der Waals surface area contributed by atoms with Crippen molar-refractivity contribution >= 4 is 11.6 Å². The summed E-state index contributed by atoms with van der Waals surface area (Å²) in [7, 11) is 0. The van der Waals surface area contributed by atoms with E-state index in [2.05, 4.69) is 20.4 Å². The summed E-state index contributed by atoms with van der Waals surface area (Å²) < 4.78 is 6.61. The SMILES string of the molecule is Cc1cn(-c2ncc(NC(=O)c3ccco3)cn2)nc1C. The second-order valence-corrected chi connectivity index (χ2v) is 4.55. The van der Waals surface area contributed by atoms with E-state index < -0.39 is 0 Å². The molecule has 3 rings (SSSR count). The van der Waals surface area contributed by atoms with Gasteiger partial charge in [-0.2, -0.15) is 5.10 Å². The van der Waals surface area contributed by atoms with Crippen molar-refractivity contribution in [2.75, 3.05) is 5.32 Å². The molecule has 1 amide bonds. The maximum Gasteiger partial charge on any atom is 0.291 e. The number of hydrogen-bond acceptors (Lipinski definition) is 5. The van der Waals surface area contributed by atoms with Crippen molar-refractivity contribution in [2.24, 2.45) is 0 Å². The fourth-order valence-corrected chi connectivity index (χ4v) is 1.75. The van der Waals surface area contributed by atoms with Crippen LogP contribution in [0.4, 0.5) is 5.69 Å². The van der Waals surface area contributed by atoms with Crippen LogP contribution in [0.1, 0.15) is 21.8 Å². The summed E-state index contributed by atoms with van der Waals surface area (Å²) in [5, 5.41) is 6.95. The lowest BCUT2D eigenvalue weighted by atomic mass is 10.3. The Balaban J connectivity index is 1.76. The summed E-state index contributed by atoms with van der Waals surface area (Å²) in [6, 6.07) is 3.23. The number of furan rings is 1. The monoisotopic (exact) mass is 283 g/mol. The average Bonchev–Trinajstić information content (AvgIpc) is 3.11. The molecule has 3 aromatic rings. The van der Waals surface area contributed by atoms with Crippen molar-refractivity contribution in [3.63, 3.8) is 0 Å². The van der Waals surface area contributed by atoms with Crippen LogP contribution in [0.5, 0.6) is 0 Å². The smallest absolute Gasteiger partial charge is 0.291 e. The normalized spacial score (nSPS) is 10.6. The number of anilines is 1. The standard InChI is InChI=1S/C14H13N5O2/c1-9-8-19(18-10(9)2)14-15-6-11(7-16-14)17-13(20)12-4-3-5-21-12/h3-8H,1-2H3,(H,17,20). The van der Waals surface area contributed by atoms with Crippen LogP contribution in [-0.4, -0.2) is 25.7 Å². The number of aryl methyl sites for hydroxylation is 2. The third kappa shape index (κ3) is 2.66. The van der Waals surface area contributed by atoms with E-state index in [4.69, 9.17) is 4.42 Å². The zero-order valence-electron chi connectivity index (χ0n) is 11.6. The van der Waals surface area contributed by atoms with Gasteiger partial charge in [-0.3, -0.25) is 4.79 Å². The molecule has 0 aliphatic rings. The van der Waals surface area contributed by atoms with Crippen LogP contribution in [0.2, 0.25) is 0 Å². The largest absolute Gasteiger partial charge is 0.459 e. The van der Waals surface area contributed by atoms with Crippen molar-refractivity contribution in [3.8, 4) is 5.95 Å². The van der Waals surface area contributed by atoms with Gasteiger partial charge in [0.1, 0.15) is 0 Å². The lowest BCUT2D eigenvalue weighted by molar-refractivity contribution is 0.0996. The van der Waals surface area contributed by atoms with Crippen molar-refractivity contribution in [3.05, 3.63) is 54.0 Å². The molecule has 0 spiro atoms. The molecule has 0 aromatic carbocycles. The minimum Gasteiger partial charge on any atom is -0.459 e. The summed E-state index contributed by atoms with van der Waals surface area (Å²) in [5.41, 5.74) is 2.48. The summed E-state index contributed by atoms with van der Waals surface area (Å²) in [6.45, 7) is 3.89. The number of amides is 1. The molecule has 0 aliphatic carbocycles. The fourth-order valence-electron chi connectivity index (χ4n) is 1.75. The number of nitrogens with one attached hydrogen (secondary N) is 1. The van der Waals surface area contributed by atoms with Gasteiger partial charge in [0.2, 0.25) is 0 Å². The Kier molecular flexibility index (Phi) is 3.23. The van der Waals surface area contributed by atoms with Gasteiger partial charge in [-0.05, 0) is 31.5 Å². The molecule has 21 heavy (non-hydrogen) atoms.